The maximum atomic E-state index is 14.0. The number of unbranched alkanes of at least 4 members (excludes halogenated alkanes) is 1. The van der Waals surface area contributed by atoms with E-state index in [0.717, 1.165) is 10.5 Å². The molecule has 10 heteroatoms. The Morgan fingerprint density at radius 2 is 1.54 bits per heavy atom. The largest absolute Gasteiger partial charge is 0.459 e. The van der Waals surface area contributed by atoms with Crippen molar-refractivity contribution in [1.82, 2.24) is 10.2 Å². The molecule has 0 fully saturated rings. The number of hydrogen-bond acceptors (Lipinski definition) is 7. The minimum atomic E-state index is -1.62. The zero-order chi connectivity index (χ0) is 30.0. The lowest BCUT2D eigenvalue weighted by Gasteiger charge is -2.39. The fraction of sp³-hybridized carbons (Fsp3) is 0.452. The van der Waals surface area contributed by atoms with Crippen molar-refractivity contribution in [2.75, 3.05) is 19.7 Å². The van der Waals surface area contributed by atoms with Crippen LogP contribution in [0.4, 0.5) is 0 Å². The Labute approximate surface area is 241 Å². The second-order valence-corrected chi connectivity index (χ2v) is 11.1. The predicted octanol–water partition coefficient (Wildman–Crippen LogP) is 3.63. The lowest BCUT2D eigenvalue weighted by molar-refractivity contribution is -0.155. The van der Waals surface area contributed by atoms with Crippen molar-refractivity contribution in [1.29, 1.82) is 0 Å². The van der Waals surface area contributed by atoms with Gasteiger partial charge < -0.3 is 20.5 Å². The first-order valence-corrected chi connectivity index (χ1v) is 13.8. The van der Waals surface area contributed by atoms with Crippen LogP contribution >= 0.6 is 0 Å². The average Bonchev–Trinajstić information content (AvgIpc) is 3.18. The first-order valence-electron chi connectivity index (χ1n) is 13.8. The maximum Gasteiger partial charge on any atom is 0.325 e. The van der Waals surface area contributed by atoms with E-state index in [2.05, 4.69) is 10.3 Å². The molecule has 10 nitrogen and oxygen atoms in total. The number of nitrogens with zero attached hydrogens (tertiary/aromatic N) is 2. The molecule has 3 N–H and O–H groups in total. The molecular formula is C31H40N4O6. The summed E-state index contributed by atoms with van der Waals surface area (Å²) in [6.45, 7) is 7.28. The number of rotatable bonds is 14. The van der Waals surface area contributed by atoms with Crippen LogP contribution in [-0.4, -0.2) is 65.3 Å². The number of hydrogen-bond donors (Lipinski definition) is 2. The van der Waals surface area contributed by atoms with Gasteiger partial charge in [0.1, 0.15) is 17.7 Å². The van der Waals surface area contributed by atoms with Crippen LogP contribution in [0.5, 0.6) is 0 Å². The van der Waals surface area contributed by atoms with Gasteiger partial charge in [0.05, 0.1) is 23.6 Å². The fourth-order valence-electron chi connectivity index (χ4n) is 4.74. The molecule has 1 aliphatic heterocycles. The average molecular weight is 565 g/mol. The number of benzene rings is 2. The highest BCUT2D eigenvalue weighted by Crippen LogP contribution is 2.35. The van der Waals surface area contributed by atoms with Crippen molar-refractivity contribution in [3.05, 3.63) is 71.3 Å². The van der Waals surface area contributed by atoms with Crippen molar-refractivity contribution in [2.45, 2.75) is 71.1 Å². The normalized spacial score (nSPS) is 14.9. The van der Waals surface area contributed by atoms with Crippen molar-refractivity contribution in [3.8, 4) is 0 Å². The first kappa shape index (κ1) is 31.5. The third kappa shape index (κ3) is 8.47. The number of nitrogens with two attached hydrogens (primary N) is 1. The number of carbonyl (C=O) groups excluding carboxylic acids is 4. The zero-order valence-electron chi connectivity index (χ0n) is 24.3. The van der Waals surface area contributed by atoms with Gasteiger partial charge in [-0.2, -0.15) is 0 Å². The first-order chi connectivity index (χ1) is 19.4. The van der Waals surface area contributed by atoms with E-state index in [1.807, 2.05) is 30.3 Å². The molecule has 0 radical (unpaired) electrons. The number of amides is 3. The van der Waals surface area contributed by atoms with E-state index in [1.165, 1.54) is 0 Å². The quantitative estimate of drug-likeness (QED) is 0.117. The lowest BCUT2D eigenvalue weighted by atomic mass is 9.85. The van der Waals surface area contributed by atoms with Crippen LogP contribution in [0.15, 0.2) is 59.6 Å². The molecule has 1 atom stereocenters. The molecule has 3 rings (SSSR count). The topological polar surface area (TPSA) is 140 Å². The summed E-state index contributed by atoms with van der Waals surface area (Å²) in [5, 5.41) is 2.65. The maximum absolute atomic E-state index is 14.0. The molecule has 1 unspecified atom stereocenters. The standard InChI is InChI=1S/C31H40N4O6/c1-22(32)33-18-11-10-16-31(17-19-40-21-23-12-6-5-7-13-23,29(39)34-20-26(36)41-30(2,3)4)35-27(37)24-14-8-9-15-25(24)28(35)38/h5-9,12-15H,10-11,16-21H2,1-4H3,(H2,32,33)(H,34,39). The van der Waals surface area contributed by atoms with Gasteiger partial charge in [0.15, 0.2) is 0 Å². The Hall–Kier alpha value is -4.05. The molecule has 0 bridgehead atoms. The van der Waals surface area contributed by atoms with Gasteiger partial charge in [-0.15, -0.1) is 0 Å². The fourth-order valence-corrected chi connectivity index (χ4v) is 4.74. The summed E-state index contributed by atoms with van der Waals surface area (Å²) in [6, 6.07) is 16.0. The van der Waals surface area contributed by atoms with Gasteiger partial charge in [0, 0.05) is 19.6 Å². The van der Waals surface area contributed by atoms with Crippen molar-refractivity contribution in [2.24, 2.45) is 10.7 Å². The number of carbonyl (C=O) groups is 4. The Kier molecular flexibility index (Phi) is 10.8. The second kappa shape index (κ2) is 14.0. The van der Waals surface area contributed by atoms with Gasteiger partial charge in [-0.3, -0.25) is 29.1 Å². The Morgan fingerprint density at radius 1 is 0.927 bits per heavy atom. The van der Waals surface area contributed by atoms with Crippen LogP contribution in [0.25, 0.3) is 0 Å². The van der Waals surface area contributed by atoms with E-state index in [9.17, 15) is 19.2 Å². The summed E-state index contributed by atoms with van der Waals surface area (Å²) in [5.74, 6) is -1.93. The zero-order valence-corrected chi connectivity index (χ0v) is 24.3. The third-order valence-corrected chi connectivity index (χ3v) is 6.59. The molecule has 2 aromatic rings. The third-order valence-electron chi connectivity index (χ3n) is 6.59. The number of nitrogens with one attached hydrogen (secondary N) is 1. The number of amidine groups is 1. The summed E-state index contributed by atoms with van der Waals surface area (Å²) in [5.41, 5.74) is 4.71. The number of ether oxygens (including phenoxy) is 2. The number of imide groups is 1. The van der Waals surface area contributed by atoms with Gasteiger partial charge in [-0.1, -0.05) is 42.5 Å². The summed E-state index contributed by atoms with van der Waals surface area (Å²) in [6.07, 6.45) is 1.21. The SMILES string of the molecule is CC(N)=NCCCCC(CCOCc1ccccc1)(C(=O)NCC(=O)OC(C)(C)C)N1C(=O)c2ccccc2C1=O. The molecule has 3 amide bonds. The minimum absolute atomic E-state index is 0.0324. The molecule has 0 aromatic heterocycles. The highest BCUT2D eigenvalue weighted by Gasteiger charge is 2.53. The lowest BCUT2D eigenvalue weighted by Crippen LogP contribution is -2.62. The van der Waals surface area contributed by atoms with Crippen LogP contribution in [0.1, 0.15) is 79.7 Å². The molecule has 0 saturated carbocycles. The highest BCUT2D eigenvalue weighted by molar-refractivity contribution is 6.23. The molecule has 2 aromatic carbocycles. The predicted molar refractivity (Wildman–Crippen MR) is 155 cm³/mol. The highest BCUT2D eigenvalue weighted by atomic mass is 16.6. The smallest absolute Gasteiger partial charge is 0.325 e. The minimum Gasteiger partial charge on any atom is -0.459 e. The van der Waals surface area contributed by atoms with E-state index in [0.29, 0.717) is 31.8 Å². The van der Waals surface area contributed by atoms with Crippen molar-refractivity contribution in [3.63, 3.8) is 0 Å². The van der Waals surface area contributed by atoms with Crippen LogP contribution in [0.2, 0.25) is 0 Å². The van der Waals surface area contributed by atoms with E-state index in [-0.39, 0.29) is 30.6 Å². The Balaban J connectivity index is 1.91. The molecule has 0 saturated heterocycles. The number of esters is 1. The van der Waals surface area contributed by atoms with Gasteiger partial charge >= 0.3 is 5.97 Å². The van der Waals surface area contributed by atoms with Crippen LogP contribution in [-0.2, 0) is 25.7 Å². The van der Waals surface area contributed by atoms with Gasteiger partial charge in [0.25, 0.3) is 11.8 Å². The van der Waals surface area contributed by atoms with Gasteiger partial charge in [0.2, 0.25) is 5.91 Å². The molecule has 1 heterocycles. The molecule has 41 heavy (non-hydrogen) atoms. The Morgan fingerprint density at radius 3 is 2.12 bits per heavy atom. The van der Waals surface area contributed by atoms with Crippen LogP contribution < -0.4 is 11.1 Å². The molecule has 1 aliphatic rings. The number of aliphatic imine (C=N–C) groups is 1. The summed E-state index contributed by atoms with van der Waals surface area (Å²) >= 11 is 0. The summed E-state index contributed by atoms with van der Waals surface area (Å²) in [7, 11) is 0. The molecular weight excluding hydrogens is 524 g/mol. The summed E-state index contributed by atoms with van der Waals surface area (Å²) in [4.78, 5) is 59.1. The molecule has 220 valence electrons. The van der Waals surface area contributed by atoms with E-state index >= 15 is 0 Å². The molecule has 0 aliphatic carbocycles. The van der Waals surface area contributed by atoms with Gasteiger partial charge in [-0.25, -0.2) is 0 Å². The van der Waals surface area contributed by atoms with Gasteiger partial charge in [-0.05, 0) is 64.7 Å². The van der Waals surface area contributed by atoms with Crippen molar-refractivity contribution >= 4 is 29.5 Å². The molecule has 0 spiro atoms. The number of fused-ring (bicyclic) bond motifs is 1. The van der Waals surface area contributed by atoms with E-state index in [1.54, 1.807) is 52.0 Å². The Bertz CT molecular complexity index is 1230. The van der Waals surface area contributed by atoms with Crippen LogP contribution in [0, 0.1) is 0 Å². The van der Waals surface area contributed by atoms with E-state index < -0.39 is 41.4 Å². The summed E-state index contributed by atoms with van der Waals surface area (Å²) < 4.78 is 11.3. The van der Waals surface area contributed by atoms with Crippen molar-refractivity contribution < 1.29 is 28.7 Å². The second-order valence-electron chi connectivity index (χ2n) is 11.1. The van der Waals surface area contributed by atoms with E-state index in [4.69, 9.17) is 15.2 Å². The van der Waals surface area contributed by atoms with Crippen LogP contribution in [0.3, 0.4) is 0 Å². The monoisotopic (exact) mass is 564 g/mol.